The van der Waals surface area contributed by atoms with Crippen molar-refractivity contribution in [2.75, 3.05) is 6.54 Å². The van der Waals surface area contributed by atoms with Crippen molar-refractivity contribution in [1.29, 1.82) is 0 Å². The number of hydrogen-bond acceptors (Lipinski definition) is 2. The fourth-order valence-electron chi connectivity index (χ4n) is 2.70. The van der Waals surface area contributed by atoms with Crippen LogP contribution in [0.2, 0.25) is 0 Å². The minimum absolute atomic E-state index is 0.0612. The summed E-state index contributed by atoms with van der Waals surface area (Å²) in [6, 6.07) is -0.0828. The van der Waals surface area contributed by atoms with Crippen molar-refractivity contribution < 1.29 is 14.7 Å². The lowest BCUT2D eigenvalue weighted by Gasteiger charge is -2.49. The van der Waals surface area contributed by atoms with Crippen LogP contribution in [0.4, 0.5) is 4.79 Å². The number of likely N-dealkylation sites (tertiary alicyclic amines) is 1. The molecule has 2 N–H and O–H groups in total. The van der Waals surface area contributed by atoms with E-state index in [1.807, 2.05) is 27.7 Å². The standard InChI is InChI=1S/C13H24N2O3/c1-9(16)14-13(5)6-7-15(11(17)18)10(8-13)12(2,3)4/h10H,6-8H2,1-5H3,(H,14,16)(H,17,18). The third-order valence-corrected chi connectivity index (χ3v) is 3.65. The van der Waals surface area contributed by atoms with Gasteiger partial charge in [-0.2, -0.15) is 0 Å². The highest BCUT2D eigenvalue weighted by atomic mass is 16.4. The second-order valence-corrected chi connectivity index (χ2v) is 6.55. The first kappa shape index (κ1) is 14.8. The van der Waals surface area contributed by atoms with E-state index in [0.29, 0.717) is 19.4 Å². The first-order chi connectivity index (χ1) is 8.05. The average molecular weight is 256 g/mol. The van der Waals surface area contributed by atoms with Crippen LogP contribution in [0.15, 0.2) is 0 Å². The van der Waals surface area contributed by atoms with Gasteiger partial charge in [-0.3, -0.25) is 4.79 Å². The Morgan fingerprint density at radius 1 is 1.39 bits per heavy atom. The van der Waals surface area contributed by atoms with Crippen molar-refractivity contribution in [2.24, 2.45) is 5.41 Å². The van der Waals surface area contributed by atoms with E-state index < -0.39 is 6.09 Å². The Morgan fingerprint density at radius 3 is 2.33 bits per heavy atom. The Kier molecular flexibility index (Phi) is 3.93. The maximum atomic E-state index is 11.3. The highest BCUT2D eigenvalue weighted by Crippen LogP contribution is 2.36. The van der Waals surface area contributed by atoms with Gasteiger partial charge in [0.25, 0.3) is 0 Å². The largest absolute Gasteiger partial charge is 0.465 e. The van der Waals surface area contributed by atoms with Crippen LogP contribution >= 0.6 is 0 Å². The smallest absolute Gasteiger partial charge is 0.407 e. The van der Waals surface area contributed by atoms with E-state index in [-0.39, 0.29) is 22.9 Å². The van der Waals surface area contributed by atoms with Crippen molar-refractivity contribution in [3.63, 3.8) is 0 Å². The van der Waals surface area contributed by atoms with Gasteiger partial charge in [0.1, 0.15) is 0 Å². The average Bonchev–Trinajstić information content (AvgIpc) is 2.13. The van der Waals surface area contributed by atoms with Crippen LogP contribution in [0.5, 0.6) is 0 Å². The van der Waals surface area contributed by atoms with Crippen molar-refractivity contribution in [2.45, 2.75) is 59.0 Å². The van der Waals surface area contributed by atoms with E-state index in [1.165, 1.54) is 11.8 Å². The number of amides is 2. The van der Waals surface area contributed by atoms with E-state index in [2.05, 4.69) is 5.32 Å². The minimum atomic E-state index is -0.875. The van der Waals surface area contributed by atoms with Crippen LogP contribution in [-0.2, 0) is 4.79 Å². The zero-order valence-corrected chi connectivity index (χ0v) is 11.9. The fraction of sp³-hybridized carbons (Fsp3) is 0.846. The van der Waals surface area contributed by atoms with Crippen molar-refractivity contribution in [3.05, 3.63) is 0 Å². The molecule has 18 heavy (non-hydrogen) atoms. The Balaban J connectivity index is 2.92. The number of hydrogen-bond donors (Lipinski definition) is 2. The second-order valence-electron chi connectivity index (χ2n) is 6.55. The number of nitrogens with one attached hydrogen (secondary N) is 1. The first-order valence-corrected chi connectivity index (χ1v) is 6.33. The number of piperidine rings is 1. The van der Waals surface area contributed by atoms with Gasteiger partial charge in [-0.05, 0) is 25.2 Å². The predicted molar refractivity (Wildman–Crippen MR) is 69.4 cm³/mol. The lowest BCUT2D eigenvalue weighted by molar-refractivity contribution is -0.121. The van der Waals surface area contributed by atoms with Gasteiger partial charge in [0, 0.05) is 25.0 Å². The summed E-state index contributed by atoms with van der Waals surface area (Å²) < 4.78 is 0. The number of carboxylic acid groups (broad SMARTS) is 1. The van der Waals surface area contributed by atoms with Gasteiger partial charge < -0.3 is 15.3 Å². The molecule has 0 aliphatic carbocycles. The SMILES string of the molecule is CC(=O)NC1(C)CCN(C(=O)O)C(C(C)(C)C)C1. The highest BCUT2D eigenvalue weighted by Gasteiger charge is 2.43. The van der Waals surface area contributed by atoms with Crippen LogP contribution in [0, 0.1) is 5.41 Å². The second kappa shape index (κ2) is 4.78. The third-order valence-electron chi connectivity index (χ3n) is 3.65. The van der Waals surface area contributed by atoms with Gasteiger partial charge in [-0.1, -0.05) is 20.8 Å². The molecule has 0 bridgehead atoms. The van der Waals surface area contributed by atoms with Gasteiger partial charge in [0.05, 0.1) is 0 Å². The molecule has 0 saturated carbocycles. The zero-order valence-electron chi connectivity index (χ0n) is 11.9. The molecule has 1 aliphatic heterocycles. The predicted octanol–water partition coefficient (Wildman–Crippen LogP) is 2.07. The first-order valence-electron chi connectivity index (χ1n) is 6.33. The molecule has 0 radical (unpaired) electrons. The summed E-state index contributed by atoms with van der Waals surface area (Å²) in [5.74, 6) is -0.0612. The van der Waals surface area contributed by atoms with Gasteiger partial charge in [0.2, 0.25) is 5.91 Å². The minimum Gasteiger partial charge on any atom is -0.465 e. The van der Waals surface area contributed by atoms with Crippen LogP contribution < -0.4 is 5.32 Å². The summed E-state index contributed by atoms with van der Waals surface area (Å²) in [6.45, 7) is 10.1. The van der Waals surface area contributed by atoms with Gasteiger partial charge >= 0.3 is 6.09 Å². The molecular weight excluding hydrogens is 232 g/mol. The molecule has 1 saturated heterocycles. The fourth-order valence-corrected chi connectivity index (χ4v) is 2.70. The summed E-state index contributed by atoms with van der Waals surface area (Å²) in [6.07, 6.45) is 0.438. The summed E-state index contributed by atoms with van der Waals surface area (Å²) in [7, 11) is 0. The number of carbonyl (C=O) groups is 2. The molecule has 2 unspecified atom stereocenters. The van der Waals surface area contributed by atoms with E-state index in [0.717, 1.165) is 0 Å². The van der Waals surface area contributed by atoms with Crippen molar-refractivity contribution in [3.8, 4) is 0 Å². The molecular formula is C13H24N2O3. The van der Waals surface area contributed by atoms with Gasteiger partial charge in [-0.15, -0.1) is 0 Å². The summed E-state index contributed by atoms with van der Waals surface area (Å²) in [5.41, 5.74) is -0.450. The Morgan fingerprint density at radius 2 is 1.94 bits per heavy atom. The number of carbonyl (C=O) groups excluding carboxylic acids is 1. The normalized spacial score (nSPS) is 28.9. The molecule has 5 nitrogen and oxygen atoms in total. The van der Waals surface area contributed by atoms with E-state index in [1.54, 1.807) is 0 Å². The van der Waals surface area contributed by atoms with Gasteiger partial charge in [0.15, 0.2) is 0 Å². The van der Waals surface area contributed by atoms with Crippen LogP contribution in [0.25, 0.3) is 0 Å². The van der Waals surface area contributed by atoms with E-state index in [9.17, 15) is 14.7 Å². The van der Waals surface area contributed by atoms with Crippen molar-refractivity contribution in [1.82, 2.24) is 10.2 Å². The topological polar surface area (TPSA) is 69.6 Å². The lowest BCUT2D eigenvalue weighted by atomic mass is 9.74. The molecule has 2 atom stereocenters. The highest BCUT2D eigenvalue weighted by molar-refractivity contribution is 5.74. The Hall–Kier alpha value is -1.26. The molecule has 2 amide bonds. The lowest BCUT2D eigenvalue weighted by Crippen LogP contribution is -2.60. The van der Waals surface area contributed by atoms with E-state index >= 15 is 0 Å². The molecule has 0 spiro atoms. The zero-order chi connectivity index (χ0) is 14.1. The summed E-state index contributed by atoms with van der Waals surface area (Å²) >= 11 is 0. The number of rotatable bonds is 1. The molecule has 104 valence electrons. The summed E-state index contributed by atoms with van der Waals surface area (Å²) in [4.78, 5) is 24.0. The Bertz CT molecular complexity index is 349. The molecule has 0 aromatic rings. The third kappa shape index (κ3) is 3.37. The maximum Gasteiger partial charge on any atom is 0.407 e. The molecule has 1 aliphatic rings. The van der Waals surface area contributed by atoms with Crippen LogP contribution in [-0.4, -0.2) is 40.1 Å². The van der Waals surface area contributed by atoms with Crippen LogP contribution in [0.3, 0.4) is 0 Å². The van der Waals surface area contributed by atoms with Crippen molar-refractivity contribution >= 4 is 12.0 Å². The van der Waals surface area contributed by atoms with Gasteiger partial charge in [-0.25, -0.2) is 4.79 Å². The van der Waals surface area contributed by atoms with E-state index in [4.69, 9.17) is 0 Å². The Labute approximate surface area is 109 Å². The molecule has 5 heteroatoms. The molecule has 1 fully saturated rings. The quantitative estimate of drug-likeness (QED) is 0.754. The maximum absolute atomic E-state index is 11.3. The molecule has 0 aromatic heterocycles. The monoisotopic (exact) mass is 256 g/mol. The number of nitrogens with zero attached hydrogens (tertiary/aromatic N) is 1. The molecule has 1 rings (SSSR count). The van der Waals surface area contributed by atoms with Crippen LogP contribution in [0.1, 0.15) is 47.5 Å². The molecule has 1 heterocycles. The summed E-state index contributed by atoms with van der Waals surface area (Å²) in [5, 5.41) is 12.2. The molecule has 0 aromatic carbocycles.